The van der Waals surface area contributed by atoms with Crippen molar-refractivity contribution in [1.29, 1.82) is 0 Å². The van der Waals surface area contributed by atoms with Gasteiger partial charge in [-0.25, -0.2) is 0 Å². The first-order valence-corrected chi connectivity index (χ1v) is 11.6. The zero-order valence-electron chi connectivity index (χ0n) is 17.3. The van der Waals surface area contributed by atoms with Crippen LogP contribution in [0.3, 0.4) is 0 Å². The molecule has 2 amide bonds. The van der Waals surface area contributed by atoms with Crippen molar-refractivity contribution in [1.82, 2.24) is 10.2 Å². The number of amides is 2. The Labute approximate surface area is 182 Å². The number of hydrogen-bond donors (Lipinski definition) is 2. The molecule has 0 aliphatic carbocycles. The first-order valence-electron chi connectivity index (χ1n) is 10.7. The molecule has 0 spiro atoms. The van der Waals surface area contributed by atoms with E-state index in [2.05, 4.69) is 46.7 Å². The molecule has 4 rings (SSSR count). The van der Waals surface area contributed by atoms with E-state index in [0.29, 0.717) is 6.54 Å². The summed E-state index contributed by atoms with van der Waals surface area (Å²) in [7, 11) is 0. The van der Waals surface area contributed by atoms with Crippen LogP contribution in [0.25, 0.3) is 0 Å². The van der Waals surface area contributed by atoms with Gasteiger partial charge in [-0.3, -0.25) is 14.5 Å². The zero-order valence-corrected chi connectivity index (χ0v) is 18.2. The quantitative estimate of drug-likeness (QED) is 0.735. The molecule has 2 unspecified atom stereocenters. The molecule has 0 radical (unpaired) electrons. The van der Waals surface area contributed by atoms with E-state index in [1.807, 2.05) is 30.3 Å². The number of thioether (sulfide) groups is 1. The van der Waals surface area contributed by atoms with Gasteiger partial charge in [0.15, 0.2) is 0 Å². The number of carbonyl (C=O) groups excluding carboxylic acids is 2. The van der Waals surface area contributed by atoms with Gasteiger partial charge in [-0.1, -0.05) is 49.4 Å². The highest BCUT2D eigenvalue weighted by molar-refractivity contribution is 8.01. The summed E-state index contributed by atoms with van der Waals surface area (Å²) in [6.45, 7) is 4.97. The molecule has 0 saturated carbocycles. The molecule has 0 aromatic heterocycles. The second-order valence-electron chi connectivity index (χ2n) is 8.25. The number of carbonyl (C=O) groups is 2. The van der Waals surface area contributed by atoms with Crippen molar-refractivity contribution in [2.45, 2.75) is 42.4 Å². The zero-order chi connectivity index (χ0) is 20.9. The van der Waals surface area contributed by atoms with Crippen LogP contribution in [0.15, 0.2) is 59.5 Å². The van der Waals surface area contributed by atoms with Crippen LogP contribution in [0, 0.1) is 5.92 Å². The summed E-state index contributed by atoms with van der Waals surface area (Å²) in [5.41, 5.74) is 2.05. The summed E-state index contributed by atoms with van der Waals surface area (Å²) < 4.78 is 0. The number of nitrogens with zero attached hydrogens (tertiary/aromatic N) is 1. The minimum Gasteiger partial charge on any atom is -0.354 e. The van der Waals surface area contributed by atoms with Crippen LogP contribution in [0.2, 0.25) is 0 Å². The molecule has 0 bridgehead atoms. The van der Waals surface area contributed by atoms with Crippen LogP contribution >= 0.6 is 11.8 Å². The van der Waals surface area contributed by atoms with Gasteiger partial charge >= 0.3 is 0 Å². The SMILES string of the molecule is CC1CCN(C(CNC(=O)CC2Sc3ccccc3NC2=O)c2ccccc2)CC1. The molecule has 158 valence electrons. The maximum Gasteiger partial charge on any atom is 0.238 e. The fraction of sp³-hybridized carbons (Fsp3) is 0.417. The Morgan fingerprint density at radius 2 is 1.83 bits per heavy atom. The van der Waals surface area contributed by atoms with E-state index in [1.54, 1.807) is 0 Å². The Balaban J connectivity index is 1.37. The van der Waals surface area contributed by atoms with Crippen LogP contribution in [-0.4, -0.2) is 41.6 Å². The normalized spacial score (nSPS) is 20.8. The van der Waals surface area contributed by atoms with Crippen LogP contribution < -0.4 is 10.6 Å². The Morgan fingerprint density at radius 1 is 1.13 bits per heavy atom. The summed E-state index contributed by atoms with van der Waals surface area (Å²) in [5.74, 6) is 0.587. The molecule has 2 atom stereocenters. The average Bonchev–Trinajstić information content (AvgIpc) is 2.76. The molecule has 1 fully saturated rings. The van der Waals surface area contributed by atoms with E-state index in [-0.39, 0.29) is 24.3 Å². The molecule has 2 aromatic rings. The maximum atomic E-state index is 12.7. The van der Waals surface area contributed by atoms with Crippen molar-refractivity contribution < 1.29 is 9.59 Å². The summed E-state index contributed by atoms with van der Waals surface area (Å²) in [6.07, 6.45) is 2.56. The van der Waals surface area contributed by atoms with E-state index in [0.717, 1.165) is 29.6 Å². The predicted molar refractivity (Wildman–Crippen MR) is 121 cm³/mol. The minimum absolute atomic E-state index is 0.0756. The van der Waals surface area contributed by atoms with Gasteiger partial charge in [-0.15, -0.1) is 11.8 Å². The number of anilines is 1. The van der Waals surface area contributed by atoms with Crippen LogP contribution in [-0.2, 0) is 9.59 Å². The van der Waals surface area contributed by atoms with Gasteiger partial charge in [0.25, 0.3) is 0 Å². The number of hydrogen-bond acceptors (Lipinski definition) is 4. The summed E-state index contributed by atoms with van der Waals surface area (Å²) in [6, 6.07) is 18.3. The molecule has 2 aliphatic rings. The third-order valence-corrected chi connectivity index (χ3v) is 7.29. The molecule has 2 N–H and O–H groups in total. The number of para-hydroxylation sites is 1. The molecule has 5 nitrogen and oxygen atoms in total. The van der Waals surface area contributed by atoms with Gasteiger partial charge in [0.1, 0.15) is 0 Å². The Hall–Kier alpha value is -2.31. The number of benzene rings is 2. The van der Waals surface area contributed by atoms with Crippen molar-refractivity contribution in [3.05, 3.63) is 60.2 Å². The molecule has 2 aliphatic heterocycles. The van der Waals surface area contributed by atoms with Gasteiger partial charge in [-0.05, 0) is 49.5 Å². The maximum absolute atomic E-state index is 12.7. The van der Waals surface area contributed by atoms with E-state index in [1.165, 1.54) is 30.2 Å². The van der Waals surface area contributed by atoms with E-state index < -0.39 is 5.25 Å². The lowest BCUT2D eigenvalue weighted by Gasteiger charge is -2.37. The highest BCUT2D eigenvalue weighted by Gasteiger charge is 2.30. The Bertz CT molecular complexity index is 881. The third kappa shape index (κ3) is 5.05. The first-order chi connectivity index (χ1) is 14.6. The van der Waals surface area contributed by atoms with Gasteiger partial charge < -0.3 is 10.6 Å². The second-order valence-corrected chi connectivity index (χ2v) is 9.49. The molecule has 6 heteroatoms. The van der Waals surface area contributed by atoms with Crippen molar-refractivity contribution in [2.24, 2.45) is 5.92 Å². The number of fused-ring (bicyclic) bond motifs is 1. The fourth-order valence-corrected chi connectivity index (χ4v) is 5.26. The largest absolute Gasteiger partial charge is 0.354 e. The Morgan fingerprint density at radius 3 is 2.60 bits per heavy atom. The van der Waals surface area contributed by atoms with Crippen LogP contribution in [0.5, 0.6) is 0 Å². The molecular formula is C24H29N3O2S. The van der Waals surface area contributed by atoms with E-state index in [9.17, 15) is 9.59 Å². The lowest BCUT2D eigenvalue weighted by Crippen LogP contribution is -2.43. The second kappa shape index (κ2) is 9.67. The first kappa shape index (κ1) is 20.9. The minimum atomic E-state index is -0.397. The lowest BCUT2D eigenvalue weighted by molar-refractivity contribution is -0.124. The summed E-state index contributed by atoms with van der Waals surface area (Å²) in [5, 5.41) is 5.62. The average molecular weight is 424 g/mol. The fourth-order valence-electron chi connectivity index (χ4n) is 4.15. The standard InChI is InChI=1S/C24H29N3O2S/c1-17-11-13-27(14-12-17)20(18-7-3-2-4-8-18)16-25-23(28)15-22-24(29)26-19-9-5-6-10-21(19)30-22/h2-10,17,20,22H,11-16H2,1H3,(H,25,28)(H,26,29). The summed E-state index contributed by atoms with van der Waals surface area (Å²) >= 11 is 1.47. The van der Waals surface area contributed by atoms with Crippen LogP contribution in [0.4, 0.5) is 5.69 Å². The lowest BCUT2D eigenvalue weighted by atomic mass is 9.95. The smallest absolute Gasteiger partial charge is 0.238 e. The van der Waals surface area contributed by atoms with Gasteiger partial charge in [0.2, 0.25) is 11.8 Å². The van der Waals surface area contributed by atoms with Gasteiger partial charge in [-0.2, -0.15) is 0 Å². The highest BCUT2D eigenvalue weighted by Crippen LogP contribution is 2.36. The van der Waals surface area contributed by atoms with E-state index >= 15 is 0 Å². The number of likely N-dealkylation sites (tertiary alicyclic amines) is 1. The van der Waals surface area contributed by atoms with Crippen LogP contribution in [0.1, 0.15) is 37.8 Å². The van der Waals surface area contributed by atoms with Gasteiger partial charge in [0.05, 0.1) is 17.0 Å². The molecule has 1 saturated heterocycles. The van der Waals surface area contributed by atoms with Gasteiger partial charge in [0, 0.05) is 17.9 Å². The van der Waals surface area contributed by atoms with E-state index in [4.69, 9.17) is 0 Å². The number of piperidine rings is 1. The molecule has 2 aromatic carbocycles. The van der Waals surface area contributed by atoms with Crippen molar-refractivity contribution >= 4 is 29.3 Å². The topological polar surface area (TPSA) is 61.4 Å². The Kier molecular flexibility index (Phi) is 6.75. The monoisotopic (exact) mass is 423 g/mol. The van der Waals surface area contributed by atoms with Crippen molar-refractivity contribution in [3.63, 3.8) is 0 Å². The van der Waals surface area contributed by atoms with Crippen molar-refractivity contribution in [3.8, 4) is 0 Å². The number of rotatable bonds is 6. The summed E-state index contributed by atoms with van der Waals surface area (Å²) in [4.78, 5) is 28.6. The molecule has 30 heavy (non-hydrogen) atoms. The molecular weight excluding hydrogens is 394 g/mol. The molecule has 2 heterocycles. The predicted octanol–water partition coefficient (Wildman–Crippen LogP) is 4.08. The third-order valence-electron chi connectivity index (χ3n) is 6.01. The highest BCUT2D eigenvalue weighted by atomic mass is 32.2. The van der Waals surface area contributed by atoms with Crippen molar-refractivity contribution in [2.75, 3.05) is 25.0 Å². The number of nitrogens with one attached hydrogen (secondary N) is 2.